The normalized spacial score (nSPS) is 21.8. The lowest BCUT2D eigenvalue weighted by Crippen LogP contribution is -2.63. The third-order valence-electron chi connectivity index (χ3n) is 5.51. The minimum atomic E-state index is -0.385. The number of fused-ring (bicyclic) bond motifs is 1. The number of aliphatic imine (C=N–C) groups is 1. The van der Waals surface area contributed by atoms with Crippen LogP contribution in [-0.4, -0.2) is 58.5 Å². The van der Waals surface area contributed by atoms with Gasteiger partial charge in [0.2, 0.25) is 0 Å². The Morgan fingerprint density at radius 1 is 0.929 bits per heavy atom. The number of unbranched alkanes of at least 4 members (excludes halogenated alkanes) is 9. The molecule has 2 aliphatic rings. The molecule has 2 unspecified atom stereocenters. The minimum Gasteiger partial charge on any atom is -0.336 e. The Kier molecular flexibility index (Phi) is 10.2. The summed E-state index contributed by atoms with van der Waals surface area (Å²) >= 11 is 1.70. The van der Waals surface area contributed by atoms with Crippen LogP contribution in [0.3, 0.4) is 0 Å². The fraction of sp³-hybridized carbons (Fsp3) is 0.857. The zero-order chi connectivity index (χ0) is 20.4. The minimum absolute atomic E-state index is 0.212. The van der Waals surface area contributed by atoms with Gasteiger partial charge in [-0.3, -0.25) is 10.1 Å². The van der Waals surface area contributed by atoms with E-state index in [9.17, 15) is 9.59 Å². The largest absolute Gasteiger partial charge is 0.336 e. The zero-order valence-electron chi connectivity index (χ0n) is 17.9. The molecule has 6 nitrogen and oxygen atoms in total. The molecule has 1 saturated heterocycles. The first-order valence-corrected chi connectivity index (χ1v) is 12.1. The van der Waals surface area contributed by atoms with Gasteiger partial charge in [0.05, 0.1) is 0 Å². The summed E-state index contributed by atoms with van der Waals surface area (Å²) in [6, 6.07) is -0.726. The Hall–Kier alpha value is -1.24. The van der Waals surface area contributed by atoms with Crippen molar-refractivity contribution >= 4 is 28.9 Å². The van der Waals surface area contributed by atoms with E-state index < -0.39 is 0 Å². The first-order valence-electron chi connectivity index (χ1n) is 11.1. The predicted octanol–water partition coefficient (Wildman–Crippen LogP) is 4.60. The monoisotopic (exact) mass is 410 g/mol. The summed E-state index contributed by atoms with van der Waals surface area (Å²) in [6.45, 7) is 5.24. The van der Waals surface area contributed by atoms with Gasteiger partial charge in [0.25, 0.3) is 5.91 Å². The second-order valence-corrected chi connectivity index (χ2v) is 8.96. The summed E-state index contributed by atoms with van der Waals surface area (Å²) in [5.74, 6) is 0.766. The van der Waals surface area contributed by atoms with Gasteiger partial charge in [0, 0.05) is 19.3 Å². The van der Waals surface area contributed by atoms with Crippen LogP contribution < -0.4 is 5.32 Å². The van der Waals surface area contributed by atoms with Gasteiger partial charge in [-0.1, -0.05) is 83.4 Å². The molecule has 28 heavy (non-hydrogen) atoms. The zero-order valence-corrected chi connectivity index (χ0v) is 18.7. The number of amides is 3. The molecule has 0 aromatic rings. The third kappa shape index (κ3) is 6.39. The Balaban J connectivity index is 1.76. The summed E-state index contributed by atoms with van der Waals surface area (Å²) in [6.07, 6.45) is 13.6. The van der Waals surface area contributed by atoms with E-state index in [1.165, 1.54) is 57.8 Å². The Bertz CT molecular complexity index is 540. The number of carbonyl (C=O) groups is 2. The first-order chi connectivity index (χ1) is 13.6. The molecule has 1 fully saturated rings. The number of imide groups is 1. The molecule has 0 aromatic carbocycles. The van der Waals surface area contributed by atoms with Crippen molar-refractivity contribution in [2.45, 2.75) is 96.7 Å². The van der Waals surface area contributed by atoms with Crippen molar-refractivity contribution in [3.8, 4) is 0 Å². The molecular weight excluding hydrogens is 372 g/mol. The van der Waals surface area contributed by atoms with Crippen LogP contribution in [0.5, 0.6) is 0 Å². The number of thioether (sulfide) groups is 1. The van der Waals surface area contributed by atoms with Crippen LogP contribution >= 0.6 is 11.8 Å². The molecule has 7 heteroatoms. The molecule has 0 bridgehead atoms. The van der Waals surface area contributed by atoms with Gasteiger partial charge >= 0.3 is 6.03 Å². The topological polar surface area (TPSA) is 65.0 Å². The highest BCUT2D eigenvalue weighted by Crippen LogP contribution is 2.29. The van der Waals surface area contributed by atoms with Gasteiger partial charge in [-0.15, -0.1) is 0 Å². The van der Waals surface area contributed by atoms with E-state index in [0.29, 0.717) is 0 Å². The van der Waals surface area contributed by atoms with E-state index >= 15 is 0 Å². The average Bonchev–Trinajstić information content (AvgIpc) is 3.05. The van der Waals surface area contributed by atoms with Crippen molar-refractivity contribution in [3.05, 3.63) is 0 Å². The van der Waals surface area contributed by atoms with Crippen LogP contribution in [0, 0.1) is 0 Å². The summed E-state index contributed by atoms with van der Waals surface area (Å²) in [5, 5.41) is 3.39. The molecule has 0 spiro atoms. The van der Waals surface area contributed by atoms with Crippen molar-refractivity contribution in [1.29, 1.82) is 0 Å². The molecule has 2 atom stereocenters. The molecule has 0 saturated carbocycles. The molecule has 0 aliphatic carbocycles. The Morgan fingerprint density at radius 3 is 2.14 bits per heavy atom. The number of likely N-dealkylation sites (N-methyl/N-ethyl adjacent to an activating group) is 1. The quantitative estimate of drug-likeness (QED) is 0.451. The summed E-state index contributed by atoms with van der Waals surface area (Å²) < 4.78 is 0. The summed E-state index contributed by atoms with van der Waals surface area (Å²) in [7, 11) is 1.72. The number of rotatable bonds is 13. The number of hydrogen-bond acceptors (Lipinski definition) is 5. The standard InChI is InChI=1S/C21H38N4O2S/c1-4-6-7-8-9-10-11-12-13-14-15-25-17-18(22-21(25)28-16-5-2)24(3)20(27)23-19(17)26/h17-18H,4-16H2,1-3H3,(H,23,26,27). The average molecular weight is 411 g/mol. The van der Waals surface area contributed by atoms with Crippen LogP contribution in [0.1, 0.15) is 84.5 Å². The number of hydrogen-bond donors (Lipinski definition) is 1. The maximum atomic E-state index is 12.5. The maximum Gasteiger partial charge on any atom is 0.325 e. The molecule has 160 valence electrons. The molecule has 0 radical (unpaired) electrons. The lowest BCUT2D eigenvalue weighted by molar-refractivity contribution is -0.127. The van der Waals surface area contributed by atoms with E-state index in [1.807, 2.05) is 0 Å². The smallest absolute Gasteiger partial charge is 0.325 e. The summed E-state index contributed by atoms with van der Waals surface area (Å²) in [4.78, 5) is 32.8. The van der Waals surface area contributed by atoms with E-state index in [4.69, 9.17) is 4.99 Å². The van der Waals surface area contributed by atoms with Crippen molar-refractivity contribution < 1.29 is 9.59 Å². The molecule has 0 aromatic heterocycles. The van der Waals surface area contributed by atoms with Gasteiger partial charge in [-0.25, -0.2) is 9.79 Å². The fourth-order valence-corrected chi connectivity index (χ4v) is 4.76. The molecule has 1 N–H and O–H groups in total. The Morgan fingerprint density at radius 2 is 1.54 bits per heavy atom. The fourth-order valence-electron chi connectivity index (χ4n) is 3.82. The molecular formula is C21H38N4O2S. The highest BCUT2D eigenvalue weighted by Gasteiger charge is 2.48. The molecule has 2 heterocycles. The highest BCUT2D eigenvalue weighted by molar-refractivity contribution is 8.13. The van der Waals surface area contributed by atoms with E-state index in [2.05, 4.69) is 24.1 Å². The lowest BCUT2D eigenvalue weighted by atomic mass is 10.1. The van der Waals surface area contributed by atoms with E-state index in [0.717, 1.165) is 30.3 Å². The van der Waals surface area contributed by atoms with Crippen LogP contribution in [0.4, 0.5) is 4.79 Å². The first kappa shape index (κ1) is 23.0. The van der Waals surface area contributed by atoms with Gasteiger partial charge in [-0.2, -0.15) is 0 Å². The van der Waals surface area contributed by atoms with E-state index in [1.54, 1.807) is 23.7 Å². The van der Waals surface area contributed by atoms with E-state index in [-0.39, 0.29) is 24.1 Å². The second-order valence-electron chi connectivity index (χ2n) is 7.90. The van der Waals surface area contributed by atoms with Crippen molar-refractivity contribution in [2.24, 2.45) is 4.99 Å². The SMILES string of the molecule is CCCCCCCCCCCCN1C(SCCC)=NC2C1C(=O)NC(=O)N2C. The second kappa shape index (κ2) is 12.3. The number of urea groups is 1. The van der Waals surface area contributed by atoms with Crippen LogP contribution in [0.2, 0.25) is 0 Å². The van der Waals surface area contributed by atoms with Crippen molar-refractivity contribution in [2.75, 3.05) is 19.3 Å². The summed E-state index contributed by atoms with van der Waals surface area (Å²) in [5.41, 5.74) is 0. The maximum absolute atomic E-state index is 12.5. The molecule has 3 amide bonds. The van der Waals surface area contributed by atoms with Crippen molar-refractivity contribution in [3.63, 3.8) is 0 Å². The predicted molar refractivity (Wildman–Crippen MR) is 118 cm³/mol. The van der Waals surface area contributed by atoms with Gasteiger partial charge in [0.1, 0.15) is 0 Å². The van der Waals surface area contributed by atoms with Gasteiger partial charge in [-0.05, 0) is 12.8 Å². The lowest BCUT2D eigenvalue weighted by Gasteiger charge is -2.36. The number of amidine groups is 1. The number of carbonyl (C=O) groups excluding carboxylic acids is 2. The highest BCUT2D eigenvalue weighted by atomic mass is 32.2. The molecule has 2 aliphatic heterocycles. The number of nitrogens with one attached hydrogen (secondary N) is 1. The van der Waals surface area contributed by atoms with Crippen molar-refractivity contribution in [1.82, 2.24) is 15.1 Å². The third-order valence-corrected chi connectivity index (χ3v) is 6.72. The number of nitrogens with zero attached hydrogens (tertiary/aromatic N) is 3. The van der Waals surface area contributed by atoms with Crippen LogP contribution in [-0.2, 0) is 4.79 Å². The molecule has 2 rings (SSSR count). The Labute approximate surface area is 174 Å². The van der Waals surface area contributed by atoms with Crippen LogP contribution in [0.15, 0.2) is 4.99 Å². The van der Waals surface area contributed by atoms with Gasteiger partial charge in [0.15, 0.2) is 17.4 Å². The van der Waals surface area contributed by atoms with Crippen LogP contribution in [0.25, 0.3) is 0 Å². The van der Waals surface area contributed by atoms with Gasteiger partial charge < -0.3 is 9.80 Å².